The maximum atomic E-state index is 12.9. The van der Waals surface area contributed by atoms with Gasteiger partial charge in [0.05, 0.1) is 18.3 Å². The molecule has 1 N–H and O–H groups in total. The summed E-state index contributed by atoms with van der Waals surface area (Å²) in [6.45, 7) is 6.04. The van der Waals surface area contributed by atoms with E-state index < -0.39 is 6.10 Å². The van der Waals surface area contributed by atoms with E-state index >= 15 is 0 Å². The smallest absolute Gasteiger partial charge is 0.266 e. The van der Waals surface area contributed by atoms with Gasteiger partial charge in [-0.3, -0.25) is 4.79 Å². The number of nitrogens with zero attached hydrogens (tertiary/aromatic N) is 2. The predicted molar refractivity (Wildman–Crippen MR) is 78.6 cm³/mol. The third kappa shape index (κ3) is 3.76. The molecule has 2 rings (SSSR count). The average molecular weight is 290 g/mol. The number of hydrogen-bond donors (Lipinski definition) is 1. The van der Waals surface area contributed by atoms with Crippen LogP contribution in [0, 0.1) is 5.82 Å². The van der Waals surface area contributed by atoms with E-state index in [9.17, 15) is 14.3 Å². The van der Waals surface area contributed by atoms with Gasteiger partial charge in [0.2, 0.25) is 0 Å². The second-order valence-electron chi connectivity index (χ2n) is 6.06. The summed E-state index contributed by atoms with van der Waals surface area (Å²) in [6, 6.07) is 8.70. The van der Waals surface area contributed by atoms with Gasteiger partial charge in [-0.2, -0.15) is 5.10 Å². The molecule has 4 nitrogen and oxygen atoms in total. The van der Waals surface area contributed by atoms with Crippen LogP contribution in [0.1, 0.15) is 38.1 Å². The molecule has 1 heterocycles. The topological polar surface area (TPSA) is 55.1 Å². The lowest BCUT2D eigenvalue weighted by molar-refractivity contribution is 0.148. The Morgan fingerprint density at radius 3 is 2.38 bits per heavy atom. The maximum absolute atomic E-state index is 12.9. The number of halogens is 1. The van der Waals surface area contributed by atoms with Crippen LogP contribution in [-0.4, -0.2) is 14.9 Å². The Bertz CT molecular complexity index is 672. The zero-order valence-electron chi connectivity index (χ0n) is 12.4. The highest BCUT2D eigenvalue weighted by Crippen LogP contribution is 2.19. The molecule has 0 radical (unpaired) electrons. The number of aliphatic hydroxyl groups is 1. The van der Waals surface area contributed by atoms with Gasteiger partial charge in [-0.05, 0) is 23.8 Å². The third-order valence-electron chi connectivity index (χ3n) is 3.24. The fraction of sp³-hybridized carbons (Fsp3) is 0.375. The van der Waals surface area contributed by atoms with Crippen LogP contribution in [0.3, 0.4) is 0 Å². The second kappa shape index (κ2) is 5.77. The van der Waals surface area contributed by atoms with Crippen LogP contribution in [0.5, 0.6) is 0 Å². The van der Waals surface area contributed by atoms with Gasteiger partial charge in [-0.1, -0.05) is 32.9 Å². The minimum absolute atomic E-state index is 0.0361. The van der Waals surface area contributed by atoms with Crippen LogP contribution in [0.4, 0.5) is 4.39 Å². The van der Waals surface area contributed by atoms with E-state index in [1.807, 2.05) is 20.8 Å². The number of rotatable bonds is 3. The van der Waals surface area contributed by atoms with Crippen molar-refractivity contribution in [2.75, 3.05) is 0 Å². The Balaban J connectivity index is 2.26. The van der Waals surface area contributed by atoms with Crippen molar-refractivity contribution in [1.29, 1.82) is 0 Å². The lowest BCUT2D eigenvalue weighted by Gasteiger charge is -2.19. The van der Waals surface area contributed by atoms with Crippen LogP contribution >= 0.6 is 0 Å². The highest BCUT2D eigenvalue weighted by Gasteiger charge is 2.18. The van der Waals surface area contributed by atoms with Gasteiger partial charge in [-0.25, -0.2) is 9.07 Å². The van der Waals surface area contributed by atoms with Crippen molar-refractivity contribution in [3.8, 4) is 0 Å². The van der Waals surface area contributed by atoms with E-state index in [1.165, 1.54) is 35.0 Å². The number of benzene rings is 1. The van der Waals surface area contributed by atoms with Crippen molar-refractivity contribution in [3.63, 3.8) is 0 Å². The summed E-state index contributed by atoms with van der Waals surface area (Å²) in [5.74, 6) is -0.365. The van der Waals surface area contributed by atoms with Gasteiger partial charge < -0.3 is 5.11 Å². The summed E-state index contributed by atoms with van der Waals surface area (Å²) < 4.78 is 14.1. The molecule has 21 heavy (non-hydrogen) atoms. The molecule has 0 spiro atoms. The molecule has 0 aliphatic rings. The summed E-state index contributed by atoms with van der Waals surface area (Å²) in [5, 5.41) is 14.5. The molecule has 0 saturated heterocycles. The normalized spacial score (nSPS) is 13.2. The van der Waals surface area contributed by atoms with Crippen molar-refractivity contribution in [2.45, 2.75) is 38.8 Å². The van der Waals surface area contributed by atoms with Crippen molar-refractivity contribution in [2.24, 2.45) is 0 Å². The first-order valence-electron chi connectivity index (χ1n) is 6.79. The van der Waals surface area contributed by atoms with Gasteiger partial charge in [0.25, 0.3) is 5.56 Å². The molecule has 1 aromatic heterocycles. The summed E-state index contributed by atoms with van der Waals surface area (Å²) in [4.78, 5) is 11.8. The first-order valence-corrected chi connectivity index (χ1v) is 6.79. The van der Waals surface area contributed by atoms with Crippen LogP contribution in [-0.2, 0) is 12.0 Å². The Morgan fingerprint density at radius 1 is 1.19 bits per heavy atom. The Kier molecular flexibility index (Phi) is 4.23. The minimum Gasteiger partial charge on any atom is -0.386 e. The molecule has 0 saturated carbocycles. The first-order chi connectivity index (χ1) is 9.77. The van der Waals surface area contributed by atoms with Gasteiger partial charge in [0.1, 0.15) is 5.82 Å². The molecule has 2 aromatic rings. The molecule has 0 bridgehead atoms. The summed E-state index contributed by atoms with van der Waals surface area (Å²) >= 11 is 0. The van der Waals surface area contributed by atoms with E-state index in [0.29, 0.717) is 5.56 Å². The van der Waals surface area contributed by atoms with Gasteiger partial charge in [0, 0.05) is 11.5 Å². The SMILES string of the molecule is CC(C)(C)c1ccc(=O)n(CC(O)c2ccc(F)cc2)n1. The summed E-state index contributed by atoms with van der Waals surface area (Å²) in [7, 11) is 0. The predicted octanol–water partition coefficient (Wildman–Crippen LogP) is 2.41. The van der Waals surface area contributed by atoms with E-state index in [1.54, 1.807) is 6.07 Å². The zero-order valence-corrected chi connectivity index (χ0v) is 12.4. The van der Waals surface area contributed by atoms with Crippen LogP contribution in [0.2, 0.25) is 0 Å². The molecule has 1 unspecified atom stereocenters. The van der Waals surface area contributed by atoms with Crippen molar-refractivity contribution >= 4 is 0 Å². The summed E-state index contributed by atoms with van der Waals surface area (Å²) in [5.41, 5.74) is 0.861. The fourth-order valence-electron chi connectivity index (χ4n) is 1.93. The fourth-order valence-corrected chi connectivity index (χ4v) is 1.93. The molecule has 1 atom stereocenters. The van der Waals surface area contributed by atoms with E-state index in [4.69, 9.17) is 0 Å². The number of hydrogen-bond acceptors (Lipinski definition) is 3. The molecule has 112 valence electrons. The van der Waals surface area contributed by atoms with E-state index in [-0.39, 0.29) is 23.3 Å². The van der Waals surface area contributed by atoms with E-state index in [2.05, 4.69) is 5.10 Å². The maximum Gasteiger partial charge on any atom is 0.266 e. The lowest BCUT2D eigenvalue weighted by atomic mass is 9.92. The molecule has 0 amide bonds. The average Bonchev–Trinajstić information content (AvgIpc) is 2.40. The Morgan fingerprint density at radius 2 is 1.81 bits per heavy atom. The quantitative estimate of drug-likeness (QED) is 0.944. The number of aliphatic hydroxyl groups excluding tert-OH is 1. The Hall–Kier alpha value is -2.01. The van der Waals surface area contributed by atoms with Crippen molar-refractivity contribution < 1.29 is 9.50 Å². The summed E-state index contributed by atoms with van der Waals surface area (Å²) in [6.07, 6.45) is -0.911. The van der Waals surface area contributed by atoms with Gasteiger partial charge >= 0.3 is 0 Å². The van der Waals surface area contributed by atoms with Crippen LogP contribution in [0.15, 0.2) is 41.2 Å². The highest BCUT2D eigenvalue weighted by molar-refractivity contribution is 5.18. The van der Waals surface area contributed by atoms with Crippen LogP contribution < -0.4 is 5.56 Å². The van der Waals surface area contributed by atoms with E-state index in [0.717, 1.165) is 5.69 Å². The van der Waals surface area contributed by atoms with Gasteiger partial charge in [0.15, 0.2) is 0 Å². The molecule has 0 fully saturated rings. The Labute approximate surface area is 122 Å². The standard InChI is InChI=1S/C16H19FN2O2/c1-16(2,3)14-8-9-15(21)19(18-14)10-13(20)11-4-6-12(17)7-5-11/h4-9,13,20H,10H2,1-3H3. The molecular formula is C16H19FN2O2. The molecule has 5 heteroatoms. The van der Waals surface area contributed by atoms with Gasteiger partial charge in [-0.15, -0.1) is 0 Å². The largest absolute Gasteiger partial charge is 0.386 e. The highest BCUT2D eigenvalue weighted by atomic mass is 19.1. The molecule has 1 aromatic carbocycles. The monoisotopic (exact) mass is 290 g/mol. The number of aromatic nitrogens is 2. The minimum atomic E-state index is -0.911. The van der Waals surface area contributed by atoms with Crippen molar-refractivity contribution in [1.82, 2.24) is 9.78 Å². The third-order valence-corrected chi connectivity index (χ3v) is 3.24. The zero-order chi connectivity index (χ0) is 15.6. The lowest BCUT2D eigenvalue weighted by Crippen LogP contribution is -2.28. The first kappa shape index (κ1) is 15.4. The molecule has 0 aliphatic carbocycles. The molecular weight excluding hydrogens is 271 g/mol. The van der Waals surface area contributed by atoms with Crippen LogP contribution in [0.25, 0.3) is 0 Å². The molecule has 0 aliphatic heterocycles. The second-order valence-corrected chi connectivity index (χ2v) is 6.06. The van der Waals surface area contributed by atoms with Crippen molar-refractivity contribution in [3.05, 3.63) is 63.8 Å².